The van der Waals surface area contributed by atoms with Gasteiger partial charge in [0.15, 0.2) is 0 Å². The van der Waals surface area contributed by atoms with E-state index in [-0.39, 0.29) is 12.4 Å². The van der Waals surface area contributed by atoms with Gasteiger partial charge in [0.05, 0.1) is 11.6 Å². The summed E-state index contributed by atoms with van der Waals surface area (Å²) >= 11 is 5.59. The van der Waals surface area contributed by atoms with E-state index in [1.807, 2.05) is 22.9 Å². The van der Waals surface area contributed by atoms with Crippen molar-refractivity contribution in [2.75, 3.05) is 0 Å². The molecule has 3 nitrogen and oxygen atoms in total. The van der Waals surface area contributed by atoms with Gasteiger partial charge in [0.1, 0.15) is 0 Å². The van der Waals surface area contributed by atoms with Gasteiger partial charge in [0, 0.05) is 18.6 Å². The number of fused-ring (bicyclic) bond motifs is 1. The molecule has 0 unspecified atom stereocenters. The van der Waals surface area contributed by atoms with Crippen LogP contribution in [0.15, 0.2) is 24.7 Å². The van der Waals surface area contributed by atoms with Crippen molar-refractivity contribution in [3.05, 3.63) is 30.4 Å². The highest BCUT2D eigenvalue weighted by atomic mass is 35.5. The number of nitrogens with zero attached hydrogens (tertiary/aromatic N) is 3. The lowest BCUT2D eigenvalue weighted by Crippen LogP contribution is -1.90. The van der Waals surface area contributed by atoms with Gasteiger partial charge in [-0.1, -0.05) is 0 Å². The van der Waals surface area contributed by atoms with E-state index in [1.54, 1.807) is 6.20 Å². The molecule has 0 aliphatic carbocycles. The molecule has 0 atom stereocenters. The molecule has 2 aromatic heterocycles. The highest BCUT2D eigenvalue weighted by Crippen LogP contribution is 2.01. The zero-order valence-corrected chi connectivity index (χ0v) is 7.72. The SMILES string of the molecule is Cl.ClCc1ccn2ccnc2n1. The third kappa shape index (κ3) is 1.52. The topological polar surface area (TPSA) is 30.2 Å². The van der Waals surface area contributed by atoms with Gasteiger partial charge in [-0.05, 0) is 6.07 Å². The summed E-state index contributed by atoms with van der Waals surface area (Å²) < 4.78 is 1.84. The van der Waals surface area contributed by atoms with E-state index in [9.17, 15) is 0 Å². The molecule has 2 heterocycles. The van der Waals surface area contributed by atoms with Crippen LogP contribution < -0.4 is 0 Å². The maximum Gasteiger partial charge on any atom is 0.233 e. The third-order valence-electron chi connectivity index (χ3n) is 1.46. The number of hydrogen-bond acceptors (Lipinski definition) is 2. The average Bonchev–Trinajstić information content (AvgIpc) is 2.50. The second-order valence-corrected chi connectivity index (χ2v) is 2.45. The standard InChI is InChI=1S/C7H6ClN3.ClH/c8-5-6-1-3-11-4-2-9-7(11)10-6;/h1-4H,5H2;1H. The quantitative estimate of drug-likeness (QED) is 0.664. The van der Waals surface area contributed by atoms with Crippen molar-refractivity contribution >= 4 is 29.8 Å². The van der Waals surface area contributed by atoms with Gasteiger partial charge in [-0.3, -0.25) is 4.40 Å². The van der Waals surface area contributed by atoms with Crippen LogP contribution in [0.1, 0.15) is 5.69 Å². The van der Waals surface area contributed by atoms with Crippen LogP contribution in [0.3, 0.4) is 0 Å². The van der Waals surface area contributed by atoms with Crippen LogP contribution >= 0.6 is 24.0 Å². The zero-order valence-electron chi connectivity index (χ0n) is 6.14. The molecule has 0 aromatic carbocycles. The van der Waals surface area contributed by atoms with E-state index < -0.39 is 0 Å². The Kier molecular flexibility index (Phi) is 2.89. The van der Waals surface area contributed by atoms with Crippen molar-refractivity contribution in [3.8, 4) is 0 Å². The monoisotopic (exact) mass is 203 g/mol. The Morgan fingerprint density at radius 1 is 1.42 bits per heavy atom. The van der Waals surface area contributed by atoms with Crippen LogP contribution in [-0.4, -0.2) is 14.4 Å². The minimum Gasteiger partial charge on any atom is -0.291 e. The second-order valence-electron chi connectivity index (χ2n) is 2.19. The number of alkyl halides is 1. The number of aromatic nitrogens is 3. The van der Waals surface area contributed by atoms with Gasteiger partial charge in [-0.15, -0.1) is 24.0 Å². The molecule has 0 bridgehead atoms. The van der Waals surface area contributed by atoms with Gasteiger partial charge in [-0.2, -0.15) is 0 Å². The first-order valence-electron chi connectivity index (χ1n) is 3.25. The normalized spacial score (nSPS) is 9.75. The first kappa shape index (κ1) is 9.29. The van der Waals surface area contributed by atoms with E-state index in [4.69, 9.17) is 11.6 Å². The molecule has 0 aliphatic heterocycles. The molecule has 0 saturated carbocycles. The van der Waals surface area contributed by atoms with Gasteiger partial charge in [0.2, 0.25) is 5.78 Å². The largest absolute Gasteiger partial charge is 0.291 e. The summed E-state index contributed by atoms with van der Waals surface area (Å²) in [7, 11) is 0. The van der Waals surface area contributed by atoms with Crippen LogP contribution in [0.5, 0.6) is 0 Å². The Morgan fingerprint density at radius 3 is 3.00 bits per heavy atom. The lowest BCUT2D eigenvalue weighted by atomic mass is 10.5. The molecule has 12 heavy (non-hydrogen) atoms. The third-order valence-corrected chi connectivity index (χ3v) is 1.73. The lowest BCUT2D eigenvalue weighted by Gasteiger charge is -1.94. The van der Waals surface area contributed by atoms with E-state index >= 15 is 0 Å². The van der Waals surface area contributed by atoms with Crippen LogP contribution in [-0.2, 0) is 5.88 Å². The van der Waals surface area contributed by atoms with Crippen molar-refractivity contribution < 1.29 is 0 Å². The second kappa shape index (κ2) is 3.74. The predicted octanol–water partition coefficient (Wildman–Crippen LogP) is 1.89. The maximum atomic E-state index is 5.59. The van der Waals surface area contributed by atoms with Crippen molar-refractivity contribution in [2.45, 2.75) is 5.88 Å². The van der Waals surface area contributed by atoms with E-state index in [2.05, 4.69) is 9.97 Å². The molecular weight excluding hydrogens is 197 g/mol. The highest BCUT2D eigenvalue weighted by molar-refractivity contribution is 6.16. The molecule has 0 fully saturated rings. The molecule has 0 saturated heterocycles. The Hall–Kier alpha value is -0.800. The lowest BCUT2D eigenvalue weighted by molar-refractivity contribution is 1.06. The maximum absolute atomic E-state index is 5.59. The van der Waals surface area contributed by atoms with Crippen molar-refractivity contribution in [3.63, 3.8) is 0 Å². The van der Waals surface area contributed by atoms with Gasteiger partial charge >= 0.3 is 0 Å². The molecule has 0 N–H and O–H groups in total. The van der Waals surface area contributed by atoms with Gasteiger partial charge in [0.25, 0.3) is 0 Å². The smallest absolute Gasteiger partial charge is 0.233 e. The summed E-state index contributed by atoms with van der Waals surface area (Å²) in [6.45, 7) is 0. The molecule has 0 spiro atoms. The summed E-state index contributed by atoms with van der Waals surface area (Å²) in [5.41, 5.74) is 0.852. The fourth-order valence-electron chi connectivity index (χ4n) is 0.915. The Labute approximate surface area is 80.8 Å². The average molecular weight is 204 g/mol. The van der Waals surface area contributed by atoms with Crippen molar-refractivity contribution in [1.29, 1.82) is 0 Å². The molecule has 0 radical (unpaired) electrons. The minimum atomic E-state index is 0. The van der Waals surface area contributed by atoms with Crippen LogP contribution in [0.25, 0.3) is 5.78 Å². The fraction of sp³-hybridized carbons (Fsp3) is 0.143. The molecule has 5 heteroatoms. The Balaban J connectivity index is 0.000000720. The van der Waals surface area contributed by atoms with E-state index in [0.29, 0.717) is 11.7 Å². The molecule has 2 aromatic rings. The first-order valence-corrected chi connectivity index (χ1v) is 3.78. The van der Waals surface area contributed by atoms with Gasteiger partial charge in [-0.25, -0.2) is 9.97 Å². The number of rotatable bonds is 1. The van der Waals surface area contributed by atoms with Crippen LogP contribution in [0.2, 0.25) is 0 Å². The first-order chi connectivity index (χ1) is 5.40. The summed E-state index contributed by atoms with van der Waals surface area (Å²) in [5.74, 6) is 1.13. The Morgan fingerprint density at radius 2 is 2.25 bits per heavy atom. The van der Waals surface area contributed by atoms with E-state index in [0.717, 1.165) is 5.69 Å². The number of imidazole rings is 1. The van der Waals surface area contributed by atoms with Gasteiger partial charge < -0.3 is 0 Å². The van der Waals surface area contributed by atoms with Crippen LogP contribution in [0.4, 0.5) is 0 Å². The number of halogens is 2. The molecule has 2 rings (SSSR count). The summed E-state index contributed by atoms with van der Waals surface area (Å²) in [5, 5.41) is 0. The zero-order chi connectivity index (χ0) is 7.68. The molecule has 64 valence electrons. The molecular formula is C7H7Cl2N3. The molecule has 0 aliphatic rings. The van der Waals surface area contributed by atoms with Crippen molar-refractivity contribution in [1.82, 2.24) is 14.4 Å². The summed E-state index contributed by atoms with van der Waals surface area (Å²) in [6, 6.07) is 1.88. The Bertz CT molecular complexity index is 371. The number of hydrogen-bond donors (Lipinski definition) is 0. The van der Waals surface area contributed by atoms with E-state index in [1.165, 1.54) is 0 Å². The summed E-state index contributed by atoms with van der Waals surface area (Å²) in [4.78, 5) is 8.19. The molecule has 0 amide bonds. The van der Waals surface area contributed by atoms with Crippen molar-refractivity contribution in [2.24, 2.45) is 0 Å². The highest BCUT2D eigenvalue weighted by Gasteiger charge is 1.95. The summed E-state index contributed by atoms with van der Waals surface area (Å²) in [6.07, 6.45) is 5.45. The van der Waals surface area contributed by atoms with Crippen LogP contribution in [0, 0.1) is 0 Å². The minimum absolute atomic E-state index is 0. The predicted molar refractivity (Wildman–Crippen MR) is 49.8 cm³/mol. The fourth-order valence-corrected chi connectivity index (χ4v) is 1.06.